The van der Waals surface area contributed by atoms with Crippen molar-refractivity contribution < 1.29 is 17.6 Å². The molecule has 0 saturated heterocycles. The first kappa shape index (κ1) is 18.0. The van der Waals surface area contributed by atoms with Crippen LogP contribution in [0.5, 0.6) is 0 Å². The molecule has 0 spiro atoms. The summed E-state index contributed by atoms with van der Waals surface area (Å²) in [5.41, 5.74) is 2.72. The zero-order valence-electron chi connectivity index (χ0n) is 14.4. The van der Waals surface area contributed by atoms with Crippen molar-refractivity contribution in [2.75, 3.05) is 4.72 Å². The minimum absolute atomic E-state index is 0.0294. The van der Waals surface area contributed by atoms with Crippen molar-refractivity contribution >= 4 is 44.0 Å². The van der Waals surface area contributed by atoms with Crippen molar-refractivity contribution in [2.45, 2.75) is 31.1 Å². The Kier molecular flexibility index (Phi) is 4.24. The number of aromatic nitrogens is 1. The average Bonchev–Trinajstić information content (AvgIpc) is 2.95. The summed E-state index contributed by atoms with van der Waals surface area (Å²) in [5.74, 6) is -0.476. The van der Waals surface area contributed by atoms with Crippen molar-refractivity contribution in [3.8, 4) is 0 Å². The molecule has 8 heteroatoms. The number of fused-ring (bicyclic) bond motifs is 3. The van der Waals surface area contributed by atoms with Crippen LogP contribution in [0.3, 0.4) is 0 Å². The maximum absolute atomic E-state index is 13.2. The molecule has 2 aromatic carbocycles. The zero-order valence-corrected chi connectivity index (χ0v) is 16.0. The Morgan fingerprint density at radius 1 is 1.19 bits per heavy atom. The molecule has 1 heterocycles. The molecule has 27 heavy (non-hydrogen) atoms. The number of aryl methyl sites for hydroxylation is 2. The van der Waals surface area contributed by atoms with Crippen molar-refractivity contribution in [3.05, 3.63) is 58.0 Å². The molecule has 0 radical (unpaired) electrons. The number of Topliss-reactive ketones (excluding diaryl/α,β-unsaturated/α-hetero) is 1. The SMILES string of the molecule is Cc1cc2c3c([nH]c2cc1S(=O)(=O)Nc1ccc(F)cc1Cl)CCCC3=O. The zero-order chi connectivity index (χ0) is 19.3. The van der Waals surface area contributed by atoms with Gasteiger partial charge in [0.05, 0.1) is 15.6 Å². The Labute approximate surface area is 160 Å². The third-order valence-corrected chi connectivity index (χ3v) is 6.57. The molecule has 0 saturated carbocycles. The quantitative estimate of drug-likeness (QED) is 0.667. The van der Waals surface area contributed by atoms with Gasteiger partial charge in [-0.15, -0.1) is 0 Å². The van der Waals surface area contributed by atoms with E-state index in [1.807, 2.05) is 0 Å². The molecule has 4 rings (SSSR count). The first-order valence-electron chi connectivity index (χ1n) is 8.42. The maximum Gasteiger partial charge on any atom is 0.262 e. The third kappa shape index (κ3) is 3.11. The van der Waals surface area contributed by atoms with E-state index in [1.54, 1.807) is 13.0 Å². The Bertz CT molecular complexity index is 1200. The summed E-state index contributed by atoms with van der Waals surface area (Å²) in [6.45, 7) is 1.67. The molecule has 5 nitrogen and oxygen atoms in total. The normalized spacial score (nSPS) is 14.4. The van der Waals surface area contributed by atoms with E-state index in [1.165, 1.54) is 12.1 Å². The maximum atomic E-state index is 13.2. The van der Waals surface area contributed by atoms with Gasteiger partial charge in [0.15, 0.2) is 5.78 Å². The van der Waals surface area contributed by atoms with Crippen LogP contribution >= 0.6 is 11.6 Å². The second-order valence-electron chi connectivity index (χ2n) is 6.65. The van der Waals surface area contributed by atoms with E-state index in [0.717, 1.165) is 36.1 Å². The van der Waals surface area contributed by atoms with E-state index in [0.29, 0.717) is 23.1 Å². The molecular weight excluding hydrogens is 391 g/mol. The molecule has 1 aromatic heterocycles. The summed E-state index contributed by atoms with van der Waals surface area (Å²) in [7, 11) is -3.95. The number of ketones is 1. The van der Waals surface area contributed by atoms with Crippen LogP contribution in [0.4, 0.5) is 10.1 Å². The number of aromatic amines is 1. The van der Waals surface area contributed by atoms with Gasteiger partial charge in [0.25, 0.3) is 10.0 Å². The number of halogens is 2. The number of hydrogen-bond donors (Lipinski definition) is 2. The summed E-state index contributed by atoms with van der Waals surface area (Å²) in [6, 6.07) is 6.68. The topological polar surface area (TPSA) is 79.0 Å². The first-order chi connectivity index (χ1) is 12.8. The number of rotatable bonds is 3. The average molecular weight is 407 g/mol. The van der Waals surface area contributed by atoms with Crippen LogP contribution in [0.25, 0.3) is 10.9 Å². The van der Waals surface area contributed by atoms with Crippen LogP contribution in [0.2, 0.25) is 5.02 Å². The van der Waals surface area contributed by atoms with Crippen molar-refractivity contribution in [2.24, 2.45) is 0 Å². The number of H-pyrrole nitrogens is 1. The highest BCUT2D eigenvalue weighted by Gasteiger charge is 2.25. The fourth-order valence-electron chi connectivity index (χ4n) is 3.50. The van der Waals surface area contributed by atoms with E-state index in [9.17, 15) is 17.6 Å². The monoisotopic (exact) mass is 406 g/mol. The highest BCUT2D eigenvalue weighted by atomic mass is 35.5. The fourth-order valence-corrected chi connectivity index (χ4v) is 5.11. The Morgan fingerprint density at radius 3 is 2.70 bits per heavy atom. The molecule has 140 valence electrons. The lowest BCUT2D eigenvalue weighted by Crippen LogP contribution is -2.14. The molecule has 1 aliphatic rings. The van der Waals surface area contributed by atoms with Gasteiger partial charge in [0, 0.05) is 28.6 Å². The standard InChI is InChI=1S/C19H16ClFN2O3S/c1-10-7-12-16(22-15-3-2-4-17(24)19(12)15)9-18(10)27(25,26)23-14-6-5-11(21)8-13(14)20/h5-9,22-23H,2-4H2,1H3. The smallest absolute Gasteiger partial charge is 0.262 e. The Hall–Kier alpha value is -2.38. The first-order valence-corrected chi connectivity index (χ1v) is 10.3. The minimum atomic E-state index is -3.95. The molecule has 0 bridgehead atoms. The van der Waals surface area contributed by atoms with Gasteiger partial charge in [0.1, 0.15) is 5.82 Å². The molecule has 3 aromatic rings. The van der Waals surface area contributed by atoms with Gasteiger partial charge in [0.2, 0.25) is 0 Å². The van der Waals surface area contributed by atoms with E-state index in [2.05, 4.69) is 9.71 Å². The van der Waals surface area contributed by atoms with Crippen LogP contribution < -0.4 is 4.72 Å². The molecule has 1 aliphatic carbocycles. The van der Waals surface area contributed by atoms with Crippen molar-refractivity contribution in [3.63, 3.8) is 0 Å². The number of benzene rings is 2. The van der Waals surface area contributed by atoms with Gasteiger partial charge in [-0.1, -0.05) is 11.6 Å². The predicted molar refractivity (Wildman–Crippen MR) is 103 cm³/mol. The van der Waals surface area contributed by atoms with Crippen LogP contribution in [0.1, 0.15) is 34.5 Å². The van der Waals surface area contributed by atoms with Gasteiger partial charge in [-0.3, -0.25) is 9.52 Å². The van der Waals surface area contributed by atoms with E-state index >= 15 is 0 Å². The third-order valence-electron chi connectivity index (χ3n) is 4.75. The summed E-state index contributed by atoms with van der Waals surface area (Å²) in [4.78, 5) is 15.5. The summed E-state index contributed by atoms with van der Waals surface area (Å²) >= 11 is 5.93. The molecule has 0 unspecified atom stereocenters. The van der Waals surface area contributed by atoms with Crippen LogP contribution in [0.15, 0.2) is 35.2 Å². The molecule has 0 fully saturated rings. The Balaban J connectivity index is 1.81. The highest BCUT2D eigenvalue weighted by molar-refractivity contribution is 7.92. The van der Waals surface area contributed by atoms with Crippen LogP contribution in [0, 0.1) is 12.7 Å². The van der Waals surface area contributed by atoms with Gasteiger partial charge < -0.3 is 4.98 Å². The van der Waals surface area contributed by atoms with E-state index in [4.69, 9.17) is 11.6 Å². The number of anilines is 1. The van der Waals surface area contributed by atoms with Crippen LogP contribution in [-0.4, -0.2) is 19.2 Å². The number of carbonyl (C=O) groups is 1. The van der Waals surface area contributed by atoms with Gasteiger partial charge in [-0.05, 0) is 55.7 Å². The molecule has 0 atom stereocenters. The predicted octanol–water partition coefficient (Wildman–Crippen LogP) is 4.59. The lowest BCUT2D eigenvalue weighted by molar-refractivity contribution is 0.0974. The lowest BCUT2D eigenvalue weighted by atomic mass is 9.94. The highest BCUT2D eigenvalue weighted by Crippen LogP contribution is 2.33. The van der Waals surface area contributed by atoms with E-state index in [-0.39, 0.29) is 21.4 Å². The summed E-state index contributed by atoms with van der Waals surface area (Å²) in [6.07, 6.45) is 2.05. The number of sulfonamides is 1. The molecule has 0 amide bonds. The summed E-state index contributed by atoms with van der Waals surface area (Å²) < 4.78 is 41.3. The lowest BCUT2D eigenvalue weighted by Gasteiger charge is -2.12. The molecular formula is C19H16ClFN2O3S. The Morgan fingerprint density at radius 2 is 1.96 bits per heavy atom. The largest absolute Gasteiger partial charge is 0.358 e. The number of nitrogens with one attached hydrogen (secondary N) is 2. The number of hydrogen-bond acceptors (Lipinski definition) is 3. The minimum Gasteiger partial charge on any atom is -0.358 e. The van der Waals surface area contributed by atoms with Gasteiger partial charge in [-0.2, -0.15) is 0 Å². The van der Waals surface area contributed by atoms with Gasteiger partial charge in [-0.25, -0.2) is 12.8 Å². The van der Waals surface area contributed by atoms with Crippen molar-refractivity contribution in [1.29, 1.82) is 0 Å². The fraction of sp³-hybridized carbons (Fsp3) is 0.211. The molecule has 0 aliphatic heterocycles. The van der Waals surface area contributed by atoms with E-state index < -0.39 is 15.8 Å². The number of carbonyl (C=O) groups excluding carboxylic acids is 1. The molecule has 2 N–H and O–H groups in total. The van der Waals surface area contributed by atoms with Crippen molar-refractivity contribution in [1.82, 2.24) is 4.98 Å². The van der Waals surface area contributed by atoms with Crippen LogP contribution in [-0.2, 0) is 16.4 Å². The second-order valence-corrected chi connectivity index (χ2v) is 8.71. The second kappa shape index (κ2) is 6.35. The summed E-state index contributed by atoms with van der Waals surface area (Å²) in [5, 5.41) is 0.712. The van der Waals surface area contributed by atoms with Gasteiger partial charge >= 0.3 is 0 Å².